The highest BCUT2D eigenvalue weighted by Crippen LogP contribution is 2.22. The normalized spacial score (nSPS) is 10.3. The number of rotatable bonds is 2. The minimum atomic E-state index is -1.18. The van der Waals surface area contributed by atoms with Crippen molar-refractivity contribution in [2.24, 2.45) is 0 Å². The van der Waals surface area contributed by atoms with E-state index in [0.29, 0.717) is 10.9 Å². The van der Waals surface area contributed by atoms with E-state index >= 15 is 0 Å². The average Bonchev–Trinajstić information content (AvgIpc) is 2.26. The fourth-order valence-electron chi connectivity index (χ4n) is 1.63. The Hall–Kier alpha value is -2.30. The molecule has 0 aliphatic heterocycles. The summed E-state index contributed by atoms with van der Waals surface area (Å²) in [6, 6.07) is 6.68. The minimum Gasteiger partial charge on any atom is -0.490 e. The van der Waals surface area contributed by atoms with E-state index < -0.39 is 11.5 Å². The number of carboxylic acids is 1. The van der Waals surface area contributed by atoms with E-state index in [-0.39, 0.29) is 11.3 Å². The third kappa shape index (κ3) is 1.42. The van der Waals surface area contributed by atoms with Crippen LogP contribution in [0.1, 0.15) is 10.4 Å². The van der Waals surface area contributed by atoms with Gasteiger partial charge in [0.15, 0.2) is 5.75 Å². The first-order valence-electron chi connectivity index (χ1n) is 4.57. The van der Waals surface area contributed by atoms with Gasteiger partial charge in [0.2, 0.25) is 0 Å². The maximum Gasteiger partial charge on any atom is 0.340 e. The summed E-state index contributed by atoms with van der Waals surface area (Å²) < 4.78 is 4.82. The molecule has 0 saturated carbocycles. The summed E-state index contributed by atoms with van der Waals surface area (Å²) in [6.07, 6.45) is 0. The first-order valence-corrected chi connectivity index (χ1v) is 4.57. The van der Waals surface area contributed by atoms with E-state index in [9.17, 15) is 9.59 Å². The van der Waals surface area contributed by atoms with Gasteiger partial charge >= 0.3 is 5.97 Å². The topological polar surface area (TPSA) is 79.4 Å². The molecule has 0 aliphatic rings. The molecule has 0 aliphatic carbocycles. The number of para-hydroxylation sites is 1. The Morgan fingerprint density at radius 2 is 2.06 bits per heavy atom. The van der Waals surface area contributed by atoms with E-state index in [0.717, 1.165) is 0 Å². The van der Waals surface area contributed by atoms with E-state index in [1.54, 1.807) is 24.3 Å². The molecule has 1 heterocycles. The van der Waals surface area contributed by atoms with Crippen LogP contribution < -0.4 is 10.3 Å². The van der Waals surface area contributed by atoms with E-state index in [4.69, 9.17) is 9.84 Å². The molecule has 2 aromatic rings. The third-order valence-corrected chi connectivity index (χ3v) is 2.30. The number of methoxy groups -OCH3 is 1. The number of hydrogen-bond donors (Lipinski definition) is 2. The van der Waals surface area contributed by atoms with Gasteiger partial charge in [-0.1, -0.05) is 18.2 Å². The van der Waals surface area contributed by atoms with Gasteiger partial charge in [0, 0.05) is 10.9 Å². The van der Waals surface area contributed by atoms with Gasteiger partial charge in [0.05, 0.1) is 7.11 Å². The van der Waals surface area contributed by atoms with Crippen molar-refractivity contribution >= 4 is 16.9 Å². The second-order valence-corrected chi connectivity index (χ2v) is 3.21. The van der Waals surface area contributed by atoms with Crippen LogP contribution in [0.4, 0.5) is 0 Å². The lowest BCUT2D eigenvalue weighted by atomic mass is 10.1. The molecule has 1 aromatic heterocycles. The smallest absolute Gasteiger partial charge is 0.340 e. The second kappa shape index (κ2) is 3.69. The van der Waals surface area contributed by atoms with Crippen molar-refractivity contribution in [1.29, 1.82) is 0 Å². The number of aromatic amines is 1. The number of hydrogen-bond acceptors (Lipinski definition) is 3. The summed E-state index contributed by atoms with van der Waals surface area (Å²) in [4.78, 5) is 25.2. The third-order valence-electron chi connectivity index (χ3n) is 2.30. The zero-order valence-electron chi connectivity index (χ0n) is 8.48. The van der Waals surface area contributed by atoms with Crippen molar-refractivity contribution in [3.05, 3.63) is 40.2 Å². The monoisotopic (exact) mass is 219 g/mol. The van der Waals surface area contributed by atoms with E-state index in [1.807, 2.05) is 0 Å². The molecule has 82 valence electrons. The highest BCUT2D eigenvalue weighted by atomic mass is 16.5. The van der Waals surface area contributed by atoms with Gasteiger partial charge in [0.1, 0.15) is 5.56 Å². The van der Waals surface area contributed by atoms with Gasteiger partial charge in [-0.25, -0.2) is 4.79 Å². The first kappa shape index (κ1) is 10.2. The van der Waals surface area contributed by atoms with Gasteiger partial charge in [-0.2, -0.15) is 0 Å². The van der Waals surface area contributed by atoms with Gasteiger partial charge in [-0.15, -0.1) is 0 Å². The molecule has 0 unspecified atom stereocenters. The van der Waals surface area contributed by atoms with Crippen LogP contribution in [0, 0.1) is 0 Å². The van der Waals surface area contributed by atoms with Gasteiger partial charge in [-0.05, 0) is 6.07 Å². The molecule has 0 atom stereocenters. The summed E-state index contributed by atoms with van der Waals surface area (Å²) in [5.74, 6) is -1.36. The Balaban J connectivity index is 2.99. The Kier molecular flexibility index (Phi) is 2.36. The molecule has 2 N–H and O–H groups in total. The van der Waals surface area contributed by atoms with Crippen LogP contribution >= 0.6 is 0 Å². The van der Waals surface area contributed by atoms with Gasteiger partial charge < -0.3 is 14.8 Å². The van der Waals surface area contributed by atoms with E-state index in [1.165, 1.54) is 7.11 Å². The number of benzene rings is 1. The van der Waals surface area contributed by atoms with Crippen molar-refractivity contribution in [3.8, 4) is 5.75 Å². The van der Waals surface area contributed by atoms with Crippen molar-refractivity contribution < 1.29 is 14.6 Å². The van der Waals surface area contributed by atoms with Crippen LogP contribution in [0.2, 0.25) is 0 Å². The molecule has 5 nitrogen and oxygen atoms in total. The van der Waals surface area contributed by atoms with Crippen LogP contribution in [0.3, 0.4) is 0 Å². The summed E-state index contributed by atoms with van der Waals surface area (Å²) in [5, 5.41) is 9.54. The number of fused-ring (bicyclic) bond motifs is 1. The molecule has 2 rings (SSSR count). The van der Waals surface area contributed by atoms with Crippen molar-refractivity contribution in [3.63, 3.8) is 0 Å². The Labute approximate surface area is 90.3 Å². The largest absolute Gasteiger partial charge is 0.490 e. The molecule has 0 spiro atoms. The first-order chi connectivity index (χ1) is 7.65. The minimum absolute atomic E-state index is 0.109. The number of carboxylic acid groups (broad SMARTS) is 1. The molecule has 0 bridgehead atoms. The highest BCUT2D eigenvalue weighted by Gasteiger charge is 2.18. The summed E-state index contributed by atoms with van der Waals surface area (Å²) >= 11 is 0. The number of H-pyrrole nitrogens is 1. The Morgan fingerprint density at radius 3 is 2.69 bits per heavy atom. The van der Waals surface area contributed by atoms with Gasteiger partial charge in [0.25, 0.3) is 5.56 Å². The standard InChI is InChI=1S/C11H9NO4/c1-16-9-8(11(14)15)6-4-2-3-5-7(6)12-10(9)13/h2-5H,1H3,(H,12,13)(H,14,15). The summed E-state index contributed by atoms with van der Waals surface area (Å²) in [7, 11) is 1.27. The number of aromatic nitrogens is 1. The SMILES string of the molecule is COc1c(C(=O)O)c2ccccc2[nH]c1=O. The van der Waals surface area contributed by atoms with E-state index in [2.05, 4.69) is 4.98 Å². The zero-order valence-corrected chi connectivity index (χ0v) is 8.48. The predicted molar refractivity (Wildman–Crippen MR) is 58.1 cm³/mol. The second-order valence-electron chi connectivity index (χ2n) is 3.21. The molecular formula is C11H9NO4. The lowest BCUT2D eigenvalue weighted by molar-refractivity contribution is 0.0695. The number of ether oxygens (including phenoxy) is 1. The summed E-state index contributed by atoms with van der Waals surface area (Å²) in [6.45, 7) is 0. The van der Waals surface area contributed by atoms with Crippen LogP contribution in [0.15, 0.2) is 29.1 Å². The molecular weight excluding hydrogens is 210 g/mol. The number of carbonyl (C=O) groups is 1. The molecule has 0 saturated heterocycles. The number of nitrogens with one attached hydrogen (secondary N) is 1. The molecule has 0 amide bonds. The number of aromatic carboxylic acids is 1. The average molecular weight is 219 g/mol. The maximum absolute atomic E-state index is 11.5. The van der Waals surface area contributed by atoms with Crippen LogP contribution in [-0.2, 0) is 0 Å². The Bertz CT molecular complexity index is 615. The van der Waals surface area contributed by atoms with Crippen molar-refractivity contribution in [2.45, 2.75) is 0 Å². The van der Waals surface area contributed by atoms with Crippen LogP contribution in [-0.4, -0.2) is 23.2 Å². The molecule has 5 heteroatoms. The molecule has 0 fully saturated rings. The summed E-state index contributed by atoms with van der Waals surface area (Å²) in [5.41, 5.74) is -0.175. The van der Waals surface area contributed by atoms with Crippen LogP contribution in [0.5, 0.6) is 5.75 Å². The highest BCUT2D eigenvalue weighted by molar-refractivity contribution is 6.04. The Morgan fingerprint density at radius 1 is 1.38 bits per heavy atom. The maximum atomic E-state index is 11.5. The lowest BCUT2D eigenvalue weighted by Crippen LogP contribution is -2.15. The van der Waals surface area contributed by atoms with Crippen LogP contribution in [0.25, 0.3) is 10.9 Å². The van der Waals surface area contributed by atoms with Crippen molar-refractivity contribution in [2.75, 3.05) is 7.11 Å². The molecule has 0 radical (unpaired) electrons. The lowest BCUT2D eigenvalue weighted by Gasteiger charge is -2.07. The molecule has 16 heavy (non-hydrogen) atoms. The fourth-order valence-corrected chi connectivity index (χ4v) is 1.63. The van der Waals surface area contributed by atoms with Gasteiger partial charge in [-0.3, -0.25) is 4.79 Å². The quantitative estimate of drug-likeness (QED) is 0.796. The zero-order chi connectivity index (χ0) is 11.7. The van der Waals surface area contributed by atoms with Crippen molar-refractivity contribution in [1.82, 2.24) is 4.98 Å². The molecule has 1 aromatic carbocycles. The number of pyridine rings is 1. The predicted octanol–water partition coefficient (Wildman–Crippen LogP) is 1.23. The fraction of sp³-hybridized carbons (Fsp3) is 0.0909.